The number of hydrogen-bond donors (Lipinski definition) is 0. The molecule has 0 atom stereocenters. The van der Waals surface area contributed by atoms with Crippen LogP contribution in [0.3, 0.4) is 0 Å². The minimum Gasteiger partial charge on any atom is -0.375 e. The zero-order valence-corrected chi connectivity index (χ0v) is 12.4. The smallest absolute Gasteiger partial charge is 0.0888 e. The van der Waals surface area contributed by atoms with Crippen molar-refractivity contribution in [2.45, 2.75) is 12.8 Å². The number of benzene rings is 2. The fraction of sp³-hybridized carbons (Fsp3) is 0.211. The number of para-hydroxylation sites is 1. The monoisotopic (exact) mass is 290 g/mol. The Bertz CT molecular complexity index is 734. The summed E-state index contributed by atoms with van der Waals surface area (Å²) in [4.78, 5) is 0. The molecule has 2 heterocycles. The number of nitrogens with zero attached hydrogens (tertiary/aromatic N) is 2. The summed E-state index contributed by atoms with van der Waals surface area (Å²) in [7, 11) is 0. The first-order valence-corrected chi connectivity index (χ1v) is 7.67. The van der Waals surface area contributed by atoms with E-state index in [-0.39, 0.29) is 0 Å². The van der Waals surface area contributed by atoms with E-state index < -0.39 is 0 Å². The van der Waals surface area contributed by atoms with E-state index in [4.69, 9.17) is 9.84 Å². The van der Waals surface area contributed by atoms with Gasteiger partial charge < -0.3 is 4.74 Å². The van der Waals surface area contributed by atoms with Crippen LogP contribution in [0.5, 0.6) is 0 Å². The zero-order chi connectivity index (χ0) is 14.8. The van der Waals surface area contributed by atoms with Gasteiger partial charge in [0.1, 0.15) is 0 Å². The van der Waals surface area contributed by atoms with E-state index in [0.717, 1.165) is 25.0 Å². The lowest BCUT2D eigenvalue weighted by Gasteiger charge is -2.34. The van der Waals surface area contributed by atoms with E-state index in [9.17, 15) is 0 Å². The average molecular weight is 290 g/mol. The second-order valence-corrected chi connectivity index (χ2v) is 5.63. The molecule has 0 saturated carbocycles. The lowest BCUT2D eigenvalue weighted by molar-refractivity contribution is 0.143. The van der Waals surface area contributed by atoms with Gasteiger partial charge in [-0.1, -0.05) is 48.5 Å². The number of fused-ring (bicyclic) bond motifs is 1. The predicted molar refractivity (Wildman–Crippen MR) is 89.1 cm³/mol. The van der Waals surface area contributed by atoms with Crippen LogP contribution in [0.4, 0.5) is 5.69 Å². The van der Waals surface area contributed by atoms with Crippen molar-refractivity contribution in [2.75, 3.05) is 18.2 Å². The maximum absolute atomic E-state index is 5.66. The number of hydrogen-bond acceptors (Lipinski definition) is 3. The first kappa shape index (κ1) is 13.3. The van der Waals surface area contributed by atoms with Crippen molar-refractivity contribution in [3.8, 4) is 0 Å². The van der Waals surface area contributed by atoms with Crippen molar-refractivity contribution < 1.29 is 4.74 Å². The molecular formula is C19H18N2O. The van der Waals surface area contributed by atoms with Gasteiger partial charge in [0.2, 0.25) is 0 Å². The fourth-order valence-corrected chi connectivity index (χ4v) is 3.05. The van der Waals surface area contributed by atoms with Gasteiger partial charge in [0.25, 0.3) is 0 Å². The van der Waals surface area contributed by atoms with Gasteiger partial charge in [0.05, 0.1) is 30.8 Å². The lowest BCUT2D eigenvalue weighted by atomic mass is 9.94. The second kappa shape index (κ2) is 5.78. The highest BCUT2D eigenvalue weighted by Gasteiger charge is 2.26. The molecule has 2 aromatic rings. The van der Waals surface area contributed by atoms with Gasteiger partial charge in [-0.2, -0.15) is 5.10 Å². The van der Waals surface area contributed by atoms with Crippen LogP contribution < -0.4 is 5.01 Å². The molecule has 0 aliphatic carbocycles. The molecule has 0 fully saturated rings. The number of anilines is 1. The van der Waals surface area contributed by atoms with Crippen LogP contribution in [-0.4, -0.2) is 19.4 Å². The molecule has 4 rings (SSSR count). The minimum absolute atomic E-state index is 0.649. The molecule has 2 aromatic carbocycles. The standard InChI is InChI=1S/C19H18N2O/c1-2-6-15(7-3-1)13-20-21-18-9-5-4-8-16(18)12-17-10-11-22-14-19(17)21/h1-9,13H,10-12,14H2. The van der Waals surface area contributed by atoms with Gasteiger partial charge in [-0.25, -0.2) is 5.01 Å². The van der Waals surface area contributed by atoms with E-state index in [1.165, 1.54) is 22.5 Å². The van der Waals surface area contributed by atoms with E-state index in [2.05, 4.69) is 41.4 Å². The van der Waals surface area contributed by atoms with Crippen LogP contribution in [0.1, 0.15) is 17.5 Å². The van der Waals surface area contributed by atoms with Crippen molar-refractivity contribution >= 4 is 11.9 Å². The first-order valence-electron chi connectivity index (χ1n) is 7.67. The normalized spacial score (nSPS) is 17.5. The van der Waals surface area contributed by atoms with Gasteiger partial charge in [-0.05, 0) is 35.6 Å². The Labute approximate surface area is 130 Å². The summed E-state index contributed by atoms with van der Waals surface area (Å²) >= 11 is 0. The molecule has 0 aromatic heterocycles. The van der Waals surface area contributed by atoms with Crippen LogP contribution in [0.15, 0.2) is 71.0 Å². The van der Waals surface area contributed by atoms with Crippen molar-refractivity contribution in [3.05, 3.63) is 77.0 Å². The van der Waals surface area contributed by atoms with Gasteiger partial charge >= 0.3 is 0 Å². The van der Waals surface area contributed by atoms with Gasteiger partial charge in [-0.15, -0.1) is 0 Å². The lowest BCUT2D eigenvalue weighted by Crippen LogP contribution is -2.30. The van der Waals surface area contributed by atoms with E-state index in [0.29, 0.717) is 6.61 Å². The molecular weight excluding hydrogens is 272 g/mol. The Morgan fingerprint density at radius 1 is 1.00 bits per heavy atom. The van der Waals surface area contributed by atoms with E-state index in [1.54, 1.807) is 0 Å². The van der Waals surface area contributed by atoms with Crippen LogP contribution in [0.25, 0.3) is 0 Å². The zero-order valence-electron chi connectivity index (χ0n) is 12.4. The molecule has 0 unspecified atom stereocenters. The Balaban J connectivity index is 1.74. The van der Waals surface area contributed by atoms with Crippen molar-refractivity contribution in [1.29, 1.82) is 0 Å². The summed E-state index contributed by atoms with van der Waals surface area (Å²) in [5, 5.41) is 6.81. The Morgan fingerprint density at radius 2 is 1.82 bits per heavy atom. The second-order valence-electron chi connectivity index (χ2n) is 5.63. The molecule has 0 spiro atoms. The molecule has 3 nitrogen and oxygen atoms in total. The van der Waals surface area contributed by atoms with Crippen LogP contribution >= 0.6 is 0 Å². The van der Waals surface area contributed by atoms with Gasteiger partial charge in [0.15, 0.2) is 0 Å². The maximum atomic E-state index is 5.66. The van der Waals surface area contributed by atoms with Crippen LogP contribution in [-0.2, 0) is 11.2 Å². The molecule has 0 radical (unpaired) electrons. The van der Waals surface area contributed by atoms with Crippen molar-refractivity contribution in [1.82, 2.24) is 0 Å². The molecule has 0 N–H and O–H groups in total. The van der Waals surface area contributed by atoms with Gasteiger partial charge in [0, 0.05) is 0 Å². The van der Waals surface area contributed by atoms with E-state index >= 15 is 0 Å². The maximum Gasteiger partial charge on any atom is 0.0888 e. The molecule has 2 aliphatic heterocycles. The quantitative estimate of drug-likeness (QED) is 0.787. The van der Waals surface area contributed by atoms with Crippen LogP contribution in [0, 0.1) is 0 Å². The third-order valence-corrected chi connectivity index (χ3v) is 4.20. The summed E-state index contributed by atoms with van der Waals surface area (Å²) in [6.45, 7) is 1.47. The van der Waals surface area contributed by atoms with Crippen molar-refractivity contribution in [3.63, 3.8) is 0 Å². The molecule has 110 valence electrons. The molecule has 22 heavy (non-hydrogen) atoms. The topological polar surface area (TPSA) is 24.8 Å². The summed E-state index contributed by atoms with van der Waals surface area (Å²) in [5.74, 6) is 0. The third kappa shape index (κ3) is 2.44. The number of hydrazone groups is 1. The fourth-order valence-electron chi connectivity index (χ4n) is 3.05. The molecule has 3 heteroatoms. The summed E-state index contributed by atoms with van der Waals surface area (Å²) < 4.78 is 5.66. The molecule has 0 amide bonds. The Hall–Kier alpha value is -2.39. The number of rotatable bonds is 2. The highest BCUT2D eigenvalue weighted by Crippen LogP contribution is 2.36. The van der Waals surface area contributed by atoms with Gasteiger partial charge in [-0.3, -0.25) is 0 Å². The Kier molecular flexibility index (Phi) is 3.49. The average Bonchev–Trinajstić information content (AvgIpc) is 2.59. The summed E-state index contributed by atoms with van der Waals surface area (Å²) in [6, 6.07) is 18.7. The van der Waals surface area contributed by atoms with E-state index in [1.807, 2.05) is 24.4 Å². The summed E-state index contributed by atoms with van der Waals surface area (Å²) in [5.41, 5.74) is 6.27. The largest absolute Gasteiger partial charge is 0.375 e. The third-order valence-electron chi connectivity index (χ3n) is 4.20. The first-order chi connectivity index (χ1) is 10.9. The molecule has 0 saturated heterocycles. The molecule has 0 bridgehead atoms. The van der Waals surface area contributed by atoms with Crippen LogP contribution in [0.2, 0.25) is 0 Å². The molecule has 2 aliphatic rings. The highest BCUT2D eigenvalue weighted by atomic mass is 16.5. The predicted octanol–water partition coefficient (Wildman–Crippen LogP) is 3.76. The number of ether oxygens (including phenoxy) is 1. The minimum atomic E-state index is 0.649. The Morgan fingerprint density at radius 3 is 2.73 bits per heavy atom. The van der Waals surface area contributed by atoms with Crippen molar-refractivity contribution in [2.24, 2.45) is 5.10 Å². The highest BCUT2D eigenvalue weighted by molar-refractivity contribution is 5.81. The SMILES string of the molecule is C(=NN1C2=C(CCOC2)Cc2ccccc21)c1ccccc1. The summed E-state index contributed by atoms with van der Waals surface area (Å²) in [6.07, 6.45) is 3.94.